The highest BCUT2D eigenvalue weighted by molar-refractivity contribution is 5.47. The summed E-state index contributed by atoms with van der Waals surface area (Å²) in [5.41, 5.74) is 1.05. The Bertz CT molecular complexity index is 335. The standard InChI is InChI=1S/C14H20FN/c1-2-6-13-8-3-4-10-16(13)14-9-5-7-12(15)11-14/h5,7,9,11,13H,2-4,6,8,10H2,1H3/t13-/m0/s1. The molecule has 1 heterocycles. The van der Waals surface area contributed by atoms with Crippen molar-refractivity contribution in [1.82, 2.24) is 0 Å². The number of piperidine rings is 1. The number of anilines is 1. The fraction of sp³-hybridized carbons (Fsp3) is 0.571. The zero-order chi connectivity index (χ0) is 11.4. The number of nitrogens with zero attached hydrogens (tertiary/aromatic N) is 1. The summed E-state index contributed by atoms with van der Waals surface area (Å²) in [6.07, 6.45) is 6.23. The summed E-state index contributed by atoms with van der Waals surface area (Å²) in [5.74, 6) is -0.127. The average Bonchev–Trinajstić information content (AvgIpc) is 2.30. The molecule has 0 saturated carbocycles. The molecule has 2 heteroatoms. The normalized spacial score (nSPS) is 21.1. The van der Waals surface area contributed by atoms with Crippen LogP contribution in [0.25, 0.3) is 0 Å². The molecule has 0 N–H and O–H groups in total. The van der Waals surface area contributed by atoms with Gasteiger partial charge in [-0.05, 0) is 43.9 Å². The zero-order valence-electron chi connectivity index (χ0n) is 9.95. The predicted octanol–water partition coefficient (Wildman–Crippen LogP) is 3.98. The molecule has 1 saturated heterocycles. The van der Waals surface area contributed by atoms with Crippen LogP contribution in [0.5, 0.6) is 0 Å². The first-order chi connectivity index (χ1) is 7.81. The van der Waals surface area contributed by atoms with E-state index in [0.717, 1.165) is 12.2 Å². The summed E-state index contributed by atoms with van der Waals surface area (Å²) in [6.45, 7) is 3.30. The third kappa shape index (κ3) is 2.55. The van der Waals surface area contributed by atoms with Crippen molar-refractivity contribution in [3.05, 3.63) is 30.1 Å². The van der Waals surface area contributed by atoms with Gasteiger partial charge in [0.2, 0.25) is 0 Å². The SMILES string of the molecule is CCC[C@H]1CCCCN1c1cccc(F)c1. The van der Waals surface area contributed by atoms with Crippen LogP contribution < -0.4 is 4.90 Å². The molecule has 0 aromatic heterocycles. The Balaban J connectivity index is 2.16. The molecule has 0 bridgehead atoms. The van der Waals surface area contributed by atoms with Crippen LogP contribution in [0, 0.1) is 5.82 Å². The van der Waals surface area contributed by atoms with Gasteiger partial charge in [-0.15, -0.1) is 0 Å². The lowest BCUT2D eigenvalue weighted by atomic mass is 9.97. The maximum atomic E-state index is 13.2. The van der Waals surface area contributed by atoms with E-state index in [1.807, 2.05) is 12.1 Å². The highest BCUT2D eigenvalue weighted by atomic mass is 19.1. The lowest BCUT2D eigenvalue weighted by Gasteiger charge is -2.37. The zero-order valence-corrected chi connectivity index (χ0v) is 9.95. The van der Waals surface area contributed by atoms with Crippen LogP contribution in [0.2, 0.25) is 0 Å². The van der Waals surface area contributed by atoms with E-state index < -0.39 is 0 Å². The van der Waals surface area contributed by atoms with Gasteiger partial charge < -0.3 is 4.90 Å². The molecular formula is C14H20FN. The molecule has 16 heavy (non-hydrogen) atoms. The largest absolute Gasteiger partial charge is 0.368 e. The molecule has 1 aromatic rings. The second-order valence-corrected chi connectivity index (χ2v) is 4.61. The highest BCUT2D eigenvalue weighted by Gasteiger charge is 2.21. The van der Waals surface area contributed by atoms with Gasteiger partial charge in [-0.3, -0.25) is 0 Å². The number of hydrogen-bond acceptors (Lipinski definition) is 1. The van der Waals surface area contributed by atoms with Gasteiger partial charge in [-0.25, -0.2) is 4.39 Å². The smallest absolute Gasteiger partial charge is 0.125 e. The van der Waals surface area contributed by atoms with Crippen molar-refractivity contribution in [2.45, 2.75) is 45.1 Å². The van der Waals surface area contributed by atoms with E-state index >= 15 is 0 Å². The minimum absolute atomic E-state index is 0.127. The molecule has 1 atom stereocenters. The Morgan fingerprint density at radius 2 is 2.25 bits per heavy atom. The van der Waals surface area contributed by atoms with E-state index in [2.05, 4.69) is 11.8 Å². The molecule has 1 fully saturated rings. The van der Waals surface area contributed by atoms with Gasteiger partial charge in [-0.1, -0.05) is 19.4 Å². The van der Waals surface area contributed by atoms with Crippen molar-refractivity contribution in [3.8, 4) is 0 Å². The van der Waals surface area contributed by atoms with Crippen LogP contribution in [0.15, 0.2) is 24.3 Å². The van der Waals surface area contributed by atoms with Crippen LogP contribution in [0.3, 0.4) is 0 Å². The fourth-order valence-corrected chi connectivity index (χ4v) is 2.63. The lowest BCUT2D eigenvalue weighted by molar-refractivity contribution is 0.434. The number of halogens is 1. The van der Waals surface area contributed by atoms with Crippen molar-refractivity contribution in [2.24, 2.45) is 0 Å². The molecule has 88 valence electrons. The van der Waals surface area contributed by atoms with Crippen LogP contribution in [0.4, 0.5) is 10.1 Å². The van der Waals surface area contributed by atoms with Gasteiger partial charge >= 0.3 is 0 Å². The van der Waals surface area contributed by atoms with Crippen molar-refractivity contribution >= 4 is 5.69 Å². The average molecular weight is 221 g/mol. The monoisotopic (exact) mass is 221 g/mol. The van der Waals surface area contributed by atoms with Gasteiger partial charge in [0.1, 0.15) is 5.82 Å². The summed E-state index contributed by atoms with van der Waals surface area (Å²) < 4.78 is 13.2. The predicted molar refractivity (Wildman–Crippen MR) is 66.3 cm³/mol. The lowest BCUT2D eigenvalue weighted by Crippen LogP contribution is -2.39. The Hall–Kier alpha value is -1.05. The molecule has 0 unspecified atom stereocenters. The molecule has 0 amide bonds. The minimum atomic E-state index is -0.127. The molecule has 0 spiro atoms. The number of benzene rings is 1. The van der Waals surface area contributed by atoms with E-state index in [1.54, 1.807) is 6.07 Å². The maximum Gasteiger partial charge on any atom is 0.125 e. The van der Waals surface area contributed by atoms with Crippen LogP contribution in [0.1, 0.15) is 39.0 Å². The summed E-state index contributed by atoms with van der Waals surface area (Å²) in [4.78, 5) is 2.39. The Morgan fingerprint density at radius 3 is 3.00 bits per heavy atom. The van der Waals surface area contributed by atoms with E-state index in [4.69, 9.17) is 0 Å². The van der Waals surface area contributed by atoms with Crippen LogP contribution >= 0.6 is 0 Å². The molecule has 2 rings (SSSR count). The molecular weight excluding hydrogens is 201 g/mol. The summed E-state index contributed by atoms with van der Waals surface area (Å²) in [6, 6.07) is 7.62. The van der Waals surface area contributed by atoms with Gasteiger partial charge in [0.05, 0.1) is 0 Å². The first-order valence-electron chi connectivity index (χ1n) is 6.33. The number of rotatable bonds is 3. The molecule has 1 aliphatic rings. The Kier molecular flexibility index (Phi) is 3.81. The maximum absolute atomic E-state index is 13.2. The third-order valence-corrected chi connectivity index (χ3v) is 3.39. The van der Waals surface area contributed by atoms with Crippen LogP contribution in [-0.2, 0) is 0 Å². The van der Waals surface area contributed by atoms with E-state index in [9.17, 15) is 4.39 Å². The first kappa shape index (κ1) is 11.4. The second-order valence-electron chi connectivity index (χ2n) is 4.61. The van der Waals surface area contributed by atoms with Gasteiger partial charge in [0, 0.05) is 18.3 Å². The summed E-state index contributed by atoms with van der Waals surface area (Å²) in [7, 11) is 0. The molecule has 1 nitrogen and oxygen atoms in total. The number of hydrogen-bond donors (Lipinski definition) is 0. The van der Waals surface area contributed by atoms with Gasteiger partial charge in [0.25, 0.3) is 0 Å². The van der Waals surface area contributed by atoms with E-state index in [-0.39, 0.29) is 5.82 Å². The highest BCUT2D eigenvalue weighted by Crippen LogP contribution is 2.27. The Morgan fingerprint density at radius 1 is 1.38 bits per heavy atom. The summed E-state index contributed by atoms with van der Waals surface area (Å²) in [5, 5.41) is 0. The van der Waals surface area contributed by atoms with Crippen molar-refractivity contribution < 1.29 is 4.39 Å². The van der Waals surface area contributed by atoms with E-state index in [0.29, 0.717) is 6.04 Å². The molecule has 1 aromatic carbocycles. The van der Waals surface area contributed by atoms with Gasteiger partial charge in [0.15, 0.2) is 0 Å². The van der Waals surface area contributed by atoms with E-state index in [1.165, 1.54) is 38.2 Å². The quantitative estimate of drug-likeness (QED) is 0.746. The second kappa shape index (κ2) is 5.33. The van der Waals surface area contributed by atoms with Crippen LogP contribution in [-0.4, -0.2) is 12.6 Å². The summed E-state index contributed by atoms with van der Waals surface area (Å²) >= 11 is 0. The molecule has 1 aliphatic heterocycles. The molecule has 0 radical (unpaired) electrons. The van der Waals surface area contributed by atoms with Gasteiger partial charge in [-0.2, -0.15) is 0 Å². The topological polar surface area (TPSA) is 3.24 Å². The van der Waals surface area contributed by atoms with Crippen molar-refractivity contribution in [2.75, 3.05) is 11.4 Å². The van der Waals surface area contributed by atoms with Crippen molar-refractivity contribution in [3.63, 3.8) is 0 Å². The first-order valence-corrected chi connectivity index (χ1v) is 6.33. The Labute approximate surface area is 97.3 Å². The minimum Gasteiger partial charge on any atom is -0.368 e. The molecule has 0 aliphatic carbocycles. The van der Waals surface area contributed by atoms with Crippen molar-refractivity contribution in [1.29, 1.82) is 0 Å². The fourth-order valence-electron chi connectivity index (χ4n) is 2.63. The third-order valence-electron chi connectivity index (χ3n) is 3.39.